The number of para-hydroxylation sites is 2. The minimum atomic E-state index is 0.550. The molecule has 6 nitrogen and oxygen atoms in total. The first-order valence-electron chi connectivity index (χ1n) is 8.85. The summed E-state index contributed by atoms with van der Waals surface area (Å²) in [4.78, 5) is 9.30. The molecule has 1 saturated carbocycles. The fraction of sp³-hybridized carbons (Fsp3) is 0.556. The third-order valence-corrected chi connectivity index (χ3v) is 4.66. The van der Waals surface area contributed by atoms with E-state index >= 15 is 0 Å². The Balaban J connectivity index is 1.34. The van der Waals surface area contributed by atoms with Crippen molar-refractivity contribution in [2.75, 3.05) is 37.7 Å². The molecule has 0 amide bonds. The average molecular weight is 328 g/mol. The molecule has 0 atom stereocenters. The summed E-state index contributed by atoms with van der Waals surface area (Å²) in [7, 11) is 0. The minimum absolute atomic E-state index is 0.550. The first-order chi connectivity index (χ1) is 11.8. The van der Waals surface area contributed by atoms with E-state index in [-0.39, 0.29) is 0 Å². The maximum Gasteiger partial charge on any atom is 0.240 e. The van der Waals surface area contributed by atoms with Crippen LogP contribution in [0.4, 0.5) is 5.69 Å². The number of nitrogens with zero attached hydrogens (tertiary/aromatic N) is 4. The van der Waals surface area contributed by atoms with Crippen molar-refractivity contribution >= 4 is 5.69 Å². The van der Waals surface area contributed by atoms with Crippen molar-refractivity contribution in [2.24, 2.45) is 0 Å². The minimum Gasteiger partial charge on any atom is -0.492 e. The van der Waals surface area contributed by atoms with Crippen molar-refractivity contribution < 1.29 is 9.26 Å². The number of benzene rings is 1. The zero-order valence-electron chi connectivity index (χ0n) is 14.1. The molecule has 0 unspecified atom stereocenters. The molecule has 6 heteroatoms. The van der Waals surface area contributed by atoms with Gasteiger partial charge in [0.15, 0.2) is 5.82 Å². The zero-order valence-corrected chi connectivity index (χ0v) is 14.1. The average Bonchev–Trinajstić information content (AvgIpc) is 3.36. The van der Waals surface area contributed by atoms with Crippen LogP contribution in [-0.2, 0) is 6.54 Å². The summed E-state index contributed by atoms with van der Waals surface area (Å²) in [5, 5.41) is 4.10. The second-order valence-corrected chi connectivity index (χ2v) is 6.48. The molecule has 24 heavy (non-hydrogen) atoms. The molecule has 4 rings (SSSR count). The maximum atomic E-state index is 5.76. The first kappa shape index (κ1) is 15.4. The molecule has 1 aliphatic carbocycles. The van der Waals surface area contributed by atoms with Gasteiger partial charge in [0, 0.05) is 32.1 Å². The Morgan fingerprint density at radius 1 is 1.17 bits per heavy atom. The number of piperazine rings is 1. The van der Waals surface area contributed by atoms with Gasteiger partial charge in [-0.05, 0) is 31.9 Å². The van der Waals surface area contributed by atoms with Crippen LogP contribution in [0.1, 0.15) is 37.4 Å². The number of anilines is 1. The standard InChI is InChI=1S/C18H24N4O2/c1-2-23-16-6-4-3-5-15(16)22-11-9-21(10-12-22)13-17-19-18(20-24-17)14-7-8-14/h3-6,14H,2,7-13H2,1H3. The molecule has 128 valence electrons. The van der Waals surface area contributed by atoms with E-state index < -0.39 is 0 Å². The van der Waals surface area contributed by atoms with Gasteiger partial charge in [-0.25, -0.2) is 0 Å². The Morgan fingerprint density at radius 3 is 2.71 bits per heavy atom. The van der Waals surface area contributed by atoms with Crippen LogP contribution >= 0.6 is 0 Å². The second-order valence-electron chi connectivity index (χ2n) is 6.48. The summed E-state index contributed by atoms with van der Waals surface area (Å²) in [5.74, 6) is 3.17. The fourth-order valence-corrected chi connectivity index (χ4v) is 3.17. The molecule has 2 aliphatic rings. The van der Waals surface area contributed by atoms with Gasteiger partial charge in [-0.1, -0.05) is 17.3 Å². The van der Waals surface area contributed by atoms with Crippen molar-refractivity contribution in [1.29, 1.82) is 0 Å². The molecule has 2 aromatic rings. The Bertz CT molecular complexity index is 675. The summed E-state index contributed by atoms with van der Waals surface area (Å²) in [6.07, 6.45) is 2.41. The molecule has 2 fully saturated rings. The van der Waals surface area contributed by atoms with E-state index in [9.17, 15) is 0 Å². The van der Waals surface area contributed by atoms with Crippen LogP contribution in [0, 0.1) is 0 Å². The molecule has 0 bridgehead atoms. The SMILES string of the molecule is CCOc1ccccc1N1CCN(Cc2nc(C3CC3)no2)CC1. The van der Waals surface area contributed by atoms with Crippen molar-refractivity contribution in [1.82, 2.24) is 15.0 Å². The maximum absolute atomic E-state index is 5.76. The van der Waals surface area contributed by atoms with E-state index in [0.717, 1.165) is 50.2 Å². The predicted octanol–water partition coefficient (Wildman–Crippen LogP) is 2.67. The van der Waals surface area contributed by atoms with E-state index in [2.05, 4.69) is 32.1 Å². The van der Waals surface area contributed by atoms with E-state index in [4.69, 9.17) is 9.26 Å². The lowest BCUT2D eigenvalue weighted by Gasteiger charge is -2.36. The topological polar surface area (TPSA) is 54.6 Å². The van der Waals surface area contributed by atoms with Gasteiger partial charge in [0.05, 0.1) is 18.8 Å². The Morgan fingerprint density at radius 2 is 1.96 bits per heavy atom. The number of ether oxygens (including phenoxy) is 1. The largest absolute Gasteiger partial charge is 0.492 e. The molecule has 0 N–H and O–H groups in total. The number of rotatable bonds is 6. The van der Waals surface area contributed by atoms with E-state index in [1.54, 1.807) is 0 Å². The molecule has 0 spiro atoms. The molecule has 1 aromatic carbocycles. The van der Waals surface area contributed by atoms with Crippen LogP contribution in [0.3, 0.4) is 0 Å². The van der Waals surface area contributed by atoms with E-state index in [1.165, 1.54) is 18.5 Å². The Kier molecular flexibility index (Phi) is 4.38. The highest BCUT2D eigenvalue weighted by Gasteiger charge is 2.29. The third kappa shape index (κ3) is 3.38. The Labute approximate surface area is 142 Å². The van der Waals surface area contributed by atoms with E-state index in [1.807, 2.05) is 19.1 Å². The zero-order chi connectivity index (χ0) is 16.4. The lowest BCUT2D eigenvalue weighted by molar-refractivity contribution is 0.214. The molecule has 1 aliphatic heterocycles. The van der Waals surface area contributed by atoms with Crippen LogP contribution in [0.25, 0.3) is 0 Å². The molecule has 0 radical (unpaired) electrons. The normalized spacial score (nSPS) is 18.8. The highest BCUT2D eigenvalue weighted by Crippen LogP contribution is 2.38. The van der Waals surface area contributed by atoms with Crippen LogP contribution in [0.15, 0.2) is 28.8 Å². The smallest absolute Gasteiger partial charge is 0.240 e. The monoisotopic (exact) mass is 328 g/mol. The van der Waals surface area contributed by atoms with Gasteiger partial charge >= 0.3 is 0 Å². The van der Waals surface area contributed by atoms with Gasteiger partial charge in [0.25, 0.3) is 0 Å². The fourth-order valence-electron chi connectivity index (χ4n) is 3.17. The van der Waals surface area contributed by atoms with Crippen LogP contribution in [-0.4, -0.2) is 47.8 Å². The van der Waals surface area contributed by atoms with Gasteiger partial charge in [0.1, 0.15) is 5.75 Å². The first-order valence-corrected chi connectivity index (χ1v) is 8.85. The molecule has 1 aromatic heterocycles. The van der Waals surface area contributed by atoms with Crippen molar-refractivity contribution in [3.63, 3.8) is 0 Å². The Hall–Kier alpha value is -2.08. The second kappa shape index (κ2) is 6.81. The number of hydrogen-bond donors (Lipinski definition) is 0. The van der Waals surface area contributed by atoms with Gasteiger partial charge in [-0.2, -0.15) is 4.98 Å². The lowest BCUT2D eigenvalue weighted by Crippen LogP contribution is -2.46. The van der Waals surface area contributed by atoms with Crippen LogP contribution in [0.2, 0.25) is 0 Å². The number of aromatic nitrogens is 2. The molecule has 2 heterocycles. The van der Waals surface area contributed by atoms with Crippen LogP contribution < -0.4 is 9.64 Å². The summed E-state index contributed by atoms with van der Waals surface area (Å²) >= 11 is 0. The highest BCUT2D eigenvalue weighted by molar-refractivity contribution is 5.58. The predicted molar refractivity (Wildman–Crippen MR) is 91.4 cm³/mol. The summed E-state index contributed by atoms with van der Waals surface area (Å²) < 4.78 is 11.2. The summed E-state index contributed by atoms with van der Waals surface area (Å²) in [6.45, 7) is 7.40. The van der Waals surface area contributed by atoms with Crippen LogP contribution in [0.5, 0.6) is 5.75 Å². The summed E-state index contributed by atoms with van der Waals surface area (Å²) in [5.41, 5.74) is 1.19. The lowest BCUT2D eigenvalue weighted by atomic mass is 10.2. The molecular formula is C18H24N4O2. The van der Waals surface area contributed by atoms with Crippen molar-refractivity contribution in [3.05, 3.63) is 36.0 Å². The van der Waals surface area contributed by atoms with Crippen molar-refractivity contribution in [3.8, 4) is 5.75 Å². The van der Waals surface area contributed by atoms with E-state index in [0.29, 0.717) is 12.5 Å². The molecule has 1 saturated heterocycles. The van der Waals surface area contributed by atoms with Gasteiger partial charge in [0.2, 0.25) is 5.89 Å². The van der Waals surface area contributed by atoms with Gasteiger partial charge in [-0.15, -0.1) is 0 Å². The van der Waals surface area contributed by atoms with Crippen molar-refractivity contribution in [2.45, 2.75) is 32.2 Å². The molecular weight excluding hydrogens is 304 g/mol. The summed E-state index contributed by atoms with van der Waals surface area (Å²) in [6, 6.07) is 8.28. The number of hydrogen-bond acceptors (Lipinski definition) is 6. The highest BCUT2D eigenvalue weighted by atomic mass is 16.5. The quantitative estimate of drug-likeness (QED) is 0.812. The van der Waals surface area contributed by atoms with Gasteiger partial charge in [-0.3, -0.25) is 4.90 Å². The van der Waals surface area contributed by atoms with Gasteiger partial charge < -0.3 is 14.2 Å². The third-order valence-electron chi connectivity index (χ3n) is 4.66.